The maximum atomic E-state index is 12.7. The van der Waals surface area contributed by atoms with Gasteiger partial charge in [0.15, 0.2) is 11.5 Å². The van der Waals surface area contributed by atoms with Crippen molar-refractivity contribution in [3.8, 4) is 22.9 Å². The number of carboxylic acids is 1. The molecule has 0 saturated heterocycles. The molecule has 0 saturated carbocycles. The van der Waals surface area contributed by atoms with Crippen molar-refractivity contribution in [2.24, 2.45) is 0 Å². The first-order valence-corrected chi connectivity index (χ1v) is 9.20. The van der Waals surface area contributed by atoms with Gasteiger partial charge in [-0.1, -0.05) is 0 Å². The third-order valence-electron chi connectivity index (χ3n) is 3.73. The Hall–Kier alpha value is -3.67. The van der Waals surface area contributed by atoms with Crippen molar-refractivity contribution in [1.29, 1.82) is 0 Å². The number of H-pyrrole nitrogens is 1. The number of tetrazole rings is 1. The zero-order valence-electron chi connectivity index (χ0n) is 14.7. The van der Waals surface area contributed by atoms with Gasteiger partial charge in [0.25, 0.3) is 10.0 Å². The second-order valence-electron chi connectivity index (χ2n) is 5.43. The summed E-state index contributed by atoms with van der Waals surface area (Å²) in [6.45, 7) is 0. The first-order chi connectivity index (χ1) is 13.4. The zero-order valence-corrected chi connectivity index (χ0v) is 15.5. The lowest BCUT2D eigenvalue weighted by Gasteiger charge is -2.14. The highest BCUT2D eigenvalue weighted by Gasteiger charge is 2.21. The number of carbonyl (C=O) groups is 1. The van der Waals surface area contributed by atoms with Crippen LogP contribution in [-0.2, 0) is 10.0 Å². The molecule has 0 spiro atoms. The fourth-order valence-corrected chi connectivity index (χ4v) is 3.50. The number of sulfonamides is 1. The SMILES string of the molecule is COc1cc(NS(=O)(=O)c2ccc(-c3nn[nH]n3)cc2)cc(C(=O)O)c1OC. The van der Waals surface area contributed by atoms with Crippen molar-refractivity contribution in [2.75, 3.05) is 18.9 Å². The number of nitrogens with one attached hydrogen (secondary N) is 2. The van der Waals surface area contributed by atoms with E-state index in [2.05, 4.69) is 25.3 Å². The van der Waals surface area contributed by atoms with Crippen molar-refractivity contribution in [2.45, 2.75) is 4.90 Å². The van der Waals surface area contributed by atoms with Crippen molar-refractivity contribution in [3.05, 3.63) is 42.0 Å². The van der Waals surface area contributed by atoms with Crippen LogP contribution in [-0.4, -0.2) is 54.3 Å². The highest BCUT2D eigenvalue weighted by molar-refractivity contribution is 7.92. The summed E-state index contributed by atoms with van der Waals surface area (Å²) in [5, 5.41) is 22.7. The molecule has 28 heavy (non-hydrogen) atoms. The highest BCUT2D eigenvalue weighted by Crippen LogP contribution is 2.35. The summed E-state index contributed by atoms with van der Waals surface area (Å²) in [5.74, 6) is -0.904. The first-order valence-electron chi connectivity index (χ1n) is 7.71. The molecule has 2 aromatic carbocycles. The van der Waals surface area contributed by atoms with Gasteiger partial charge in [-0.05, 0) is 35.5 Å². The zero-order chi connectivity index (χ0) is 20.3. The summed E-state index contributed by atoms with van der Waals surface area (Å²) in [6, 6.07) is 8.26. The molecule has 0 fully saturated rings. The molecule has 1 heterocycles. The number of nitrogens with zero attached hydrogens (tertiary/aromatic N) is 3. The predicted octanol–water partition coefficient (Wildman–Crippen LogP) is 1.38. The van der Waals surface area contributed by atoms with E-state index in [-0.39, 0.29) is 27.6 Å². The van der Waals surface area contributed by atoms with Crippen LogP contribution in [0.1, 0.15) is 10.4 Å². The molecule has 0 radical (unpaired) electrons. The molecule has 11 nitrogen and oxygen atoms in total. The van der Waals surface area contributed by atoms with Crippen LogP contribution in [0.4, 0.5) is 5.69 Å². The van der Waals surface area contributed by atoms with E-state index >= 15 is 0 Å². The Morgan fingerprint density at radius 3 is 2.39 bits per heavy atom. The van der Waals surface area contributed by atoms with Crippen molar-refractivity contribution in [1.82, 2.24) is 20.6 Å². The summed E-state index contributed by atoms with van der Waals surface area (Å²) in [7, 11) is -1.38. The fraction of sp³-hybridized carbons (Fsp3) is 0.125. The molecule has 0 aliphatic carbocycles. The van der Waals surface area contributed by atoms with Gasteiger partial charge in [0.2, 0.25) is 5.82 Å². The van der Waals surface area contributed by atoms with Gasteiger partial charge in [0, 0.05) is 11.6 Å². The lowest BCUT2D eigenvalue weighted by atomic mass is 10.1. The van der Waals surface area contributed by atoms with E-state index < -0.39 is 16.0 Å². The Kier molecular flexibility index (Phi) is 5.13. The maximum Gasteiger partial charge on any atom is 0.339 e. The summed E-state index contributed by atoms with van der Waals surface area (Å²) in [4.78, 5) is 11.4. The number of aromatic nitrogens is 4. The minimum Gasteiger partial charge on any atom is -0.493 e. The molecule has 0 bridgehead atoms. The van der Waals surface area contributed by atoms with E-state index in [1.807, 2.05) is 0 Å². The monoisotopic (exact) mass is 405 g/mol. The molecule has 12 heteroatoms. The number of aromatic carboxylic acids is 1. The Morgan fingerprint density at radius 2 is 1.86 bits per heavy atom. The maximum absolute atomic E-state index is 12.7. The number of methoxy groups -OCH3 is 2. The highest BCUT2D eigenvalue weighted by atomic mass is 32.2. The van der Waals surface area contributed by atoms with Gasteiger partial charge in [0.05, 0.1) is 24.8 Å². The normalized spacial score (nSPS) is 11.1. The van der Waals surface area contributed by atoms with Crippen molar-refractivity contribution >= 4 is 21.7 Å². The first kappa shape index (κ1) is 19.1. The number of carboxylic acid groups (broad SMARTS) is 1. The minimum absolute atomic E-state index is 0.0114. The lowest BCUT2D eigenvalue weighted by Crippen LogP contribution is -2.14. The van der Waals surface area contributed by atoms with Crippen molar-refractivity contribution < 1.29 is 27.8 Å². The Bertz CT molecular complexity index is 1100. The molecular weight excluding hydrogens is 390 g/mol. The molecule has 3 N–H and O–H groups in total. The Balaban J connectivity index is 1.94. The number of hydrogen-bond acceptors (Lipinski definition) is 8. The van der Waals surface area contributed by atoms with E-state index in [9.17, 15) is 18.3 Å². The lowest BCUT2D eigenvalue weighted by molar-refractivity contribution is 0.0692. The quantitative estimate of drug-likeness (QED) is 0.528. The third kappa shape index (κ3) is 3.71. The van der Waals surface area contributed by atoms with E-state index in [1.165, 1.54) is 44.6 Å². The van der Waals surface area contributed by atoms with Crippen LogP contribution in [0.5, 0.6) is 11.5 Å². The molecule has 0 aliphatic heterocycles. The van der Waals surface area contributed by atoms with Crippen molar-refractivity contribution in [3.63, 3.8) is 0 Å². The molecule has 0 atom stereocenters. The smallest absolute Gasteiger partial charge is 0.339 e. The Morgan fingerprint density at radius 1 is 1.14 bits per heavy atom. The topological polar surface area (TPSA) is 156 Å². The van der Waals surface area contributed by atoms with Gasteiger partial charge < -0.3 is 14.6 Å². The molecule has 0 unspecified atom stereocenters. The number of hydrogen-bond donors (Lipinski definition) is 3. The molecule has 0 aliphatic rings. The van der Waals surface area contributed by atoms with Crippen LogP contribution in [0.2, 0.25) is 0 Å². The summed E-state index contributed by atoms with van der Waals surface area (Å²) in [5.41, 5.74) is 0.344. The molecule has 1 aromatic heterocycles. The van der Waals surface area contributed by atoms with Crippen LogP contribution in [0.25, 0.3) is 11.4 Å². The van der Waals surface area contributed by atoms with Gasteiger partial charge in [-0.25, -0.2) is 13.2 Å². The van der Waals surface area contributed by atoms with Crippen LogP contribution >= 0.6 is 0 Å². The van der Waals surface area contributed by atoms with E-state index in [4.69, 9.17) is 9.47 Å². The summed E-state index contributed by atoms with van der Waals surface area (Å²) < 4.78 is 37.8. The van der Waals surface area contributed by atoms with E-state index in [0.29, 0.717) is 11.4 Å². The largest absolute Gasteiger partial charge is 0.493 e. The van der Waals surface area contributed by atoms with Crippen LogP contribution in [0, 0.1) is 0 Å². The predicted molar refractivity (Wildman–Crippen MR) is 96.9 cm³/mol. The number of anilines is 1. The average Bonchev–Trinajstić information content (AvgIpc) is 3.21. The summed E-state index contributed by atoms with van der Waals surface area (Å²) >= 11 is 0. The second-order valence-corrected chi connectivity index (χ2v) is 7.11. The van der Waals surface area contributed by atoms with Gasteiger partial charge in [-0.3, -0.25) is 4.72 Å². The van der Waals surface area contributed by atoms with Crippen LogP contribution in [0.15, 0.2) is 41.3 Å². The number of ether oxygens (including phenoxy) is 2. The molecule has 3 rings (SSSR count). The van der Waals surface area contributed by atoms with Gasteiger partial charge >= 0.3 is 5.97 Å². The van der Waals surface area contributed by atoms with E-state index in [0.717, 1.165) is 6.07 Å². The number of rotatable bonds is 7. The van der Waals surface area contributed by atoms with Gasteiger partial charge in [-0.2, -0.15) is 5.21 Å². The number of benzene rings is 2. The molecular formula is C16H15N5O6S. The van der Waals surface area contributed by atoms with Crippen LogP contribution in [0.3, 0.4) is 0 Å². The number of aromatic amines is 1. The molecule has 3 aromatic rings. The average molecular weight is 405 g/mol. The third-order valence-corrected chi connectivity index (χ3v) is 5.13. The Labute approximate surface area is 159 Å². The van der Waals surface area contributed by atoms with Crippen LogP contribution < -0.4 is 14.2 Å². The van der Waals surface area contributed by atoms with E-state index in [1.54, 1.807) is 0 Å². The minimum atomic E-state index is -3.99. The van der Waals surface area contributed by atoms with Gasteiger partial charge in [-0.15, -0.1) is 10.2 Å². The molecule has 0 amide bonds. The second kappa shape index (κ2) is 7.52. The van der Waals surface area contributed by atoms with Gasteiger partial charge in [0.1, 0.15) is 5.56 Å². The fourth-order valence-electron chi connectivity index (χ4n) is 2.46. The standard InChI is InChI=1S/C16H15N5O6S/c1-26-13-8-10(7-12(16(22)23)14(13)27-2)19-28(24,25)11-5-3-9(4-6-11)15-17-20-21-18-15/h3-8,19H,1-2H3,(H,22,23)(H,17,18,20,21). The summed E-state index contributed by atoms with van der Waals surface area (Å²) in [6.07, 6.45) is 0. The molecule has 146 valence electrons.